The predicted molar refractivity (Wildman–Crippen MR) is 104 cm³/mol. The van der Waals surface area contributed by atoms with Crippen molar-refractivity contribution >= 4 is 29.9 Å². The summed E-state index contributed by atoms with van der Waals surface area (Å²) < 4.78 is 11.0. The molecule has 1 aliphatic rings. The number of hydrogen-bond donors (Lipinski definition) is 1. The maximum atomic E-state index is 5.93. The zero-order valence-electron chi connectivity index (χ0n) is 13.7. The third-order valence-corrected chi connectivity index (χ3v) is 3.70. The summed E-state index contributed by atoms with van der Waals surface area (Å²) in [5.41, 5.74) is 1.07. The van der Waals surface area contributed by atoms with Crippen LogP contribution in [0.25, 0.3) is 0 Å². The first-order chi connectivity index (χ1) is 11.3. The normalized spacial score (nSPS) is 17.5. The van der Waals surface area contributed by atoms with Crippen molar-refractivity contribution in [3.05, 3.63) is 48.6 Å². The lowest BCUT2D eigenvalue weighted by molar-refractivity contribution is 0.205. The maximum absolute atomic E-state index is 5.93. The molecule has 3 rings (SSSR count). The van der Waals surface area contributed by atoms with Gasteiger partial charge in [0.25, 0.3) is 0 Å². The van der Waals surface area contributed by atoms with Crippen LogP contribution in [0.5, 0.6) is 5.88 Å². The first-order valence-corrected chi connectivity index (χ1v) is 7.97. The van der Waals surface area contributed by atoms with Crippen LogP contribution in [0.4, 0.5) is 0 Å². The number of aliphatic imine (C=N–C) groups is 1. The topological polar surface area (TPSA) is 62.9 Å². The molecule has 0 bridgehead atoms. The Kier molecular flexibility index (Phi) is 7.36. The minimum atomic E-state index is 0. The SMILES string of the molecule is CCNC(=NCc1ccoc1)N1CCC(Oc2ccccn2)C1.I. The van der Waals surface area contributed by atoms with Gasteiger partial charge in [-0.2, -0.15) is 0 Å². The Balaban J connectivity index is 0.00000208. The number of ether oxygens (including phenoxy) is 1. The van der Waals surface area contributed by atoms with Crippen LogP contribution >= 0.6 is 24.0 Å². The van der Waals surface area contributed by atoms with E-state index in [1.807, 2.05) is 24.3 Å². The van der Waals surface area contributed by atoms with E-state index >= 15 is 0 Å². The van der Waals surface area contributed by atoms with Crippen molar-refractivity contribution in [1.82, 2.24) is 15.2 Å². The molecule has 0 saturated carbocycles. The van der Waals surface area contributed by atoms with E-state index in [1.165, 1.54) is 0 Å². The van der Waals surface area contributed by atoms with Gasteiger partial charge in [-0.15, -0.1) is 24.0 Å². The summed E-state index contributed by atoms with van der Waals surface area (Å²) >= 11 is 0. The highest BCUT2D eigenvalue weighted by atomic mass is 127. The van der Waals surface area contributed by atoms with Gasteiger partial charge in [0, 0.05) is 37.3 Å². The molecule has 2 aromatic heterocycles. The molecule has 0 amide bonds. The van der Waals surface area contributed by atoms with Crippen molar-refractivity contribution in [1.29, 1.82) is 0 Å². The monoisotopic (exact) mass is 442 g/mol. The van der Waals surface area contributed by atoms with Gasteiger partial charge >= 0.3 is 0 Å². The van der Waals surface area contributed by atoms with Gasteiger partial charge < -0.3 is 19.4 Å². The fraction of sp³-hybridized carbons (Fsp3) is 0.412. The highest BCUT2D eigenvalue weighted by Crippen LogP contribution is 2.16. The molecule has 24 heavy (non-hydrogen) atoms. The van der Waals surface area contributed by atoms with Gasteiger partial charge in [-0.05, 0) is 19.1 Å². The van der Waals surface area contributed by atoms with Crippen LogP contribution in [0.15, 0.2) is 52.4 Å². The minimum Gasteiger partial charge on any atom is -0.472 e. The summed E-state index contributed by atoms with van der Waals surface area (Å²) in [5.74, 6) is 1.60. The fourth-order valence-corrected chi connectivity index (χ4v) is 2.58. The average Bonchev–Trinajstić information content (AvgIpc) is 3.24. The molecule has 1 N–H and O–H groups in total. The van der Waals surface area contributed by atoms with Gasteiger partial charge in [-0.1, -0.05) is 6.07 Å². The van der Waals surface area contributed by atoms with Gasteiger partial charge in [-0.25, -0.2) is 9.98 Å². The van der Waals surface area contributed by atoms with Crippen molar-refractivity contribution in [2.24, 2.45) is 4.99 Å². The Hall–Kier alpha value is -1.77. The number of halogens is 1. The maximum Gasteiger partial charge on any atom is 0.213 e. The standard InChI is InChI=1S/C17H22N4O2.HI/c1-2-18-17(20-11-14-7-10-22-13-14)21-9-6-15(12-21)23-16-5-3-4-8-19-16;/h3-5,7-8,10,13,15H,2,6,9,11-12H2,1H3,(H,18,20);1H. The Morgan fingerprint density at radius 1 is 1.46 bits per heavy atom. The van der Waals surface area contributed by atoms with Gasteiger partial charge in [0.2, 0.25) is 5.88 Å². The second kappa shape index (κ2) is 9.51. The number of nitrogens with one attached hydrogen (secondary N) is 1. The number of rotatable bonds is 5. The molecular formula is C17H23IN4O2. The van der Waals surface area contributed by atoms with E-state index in [0.29, 0.717) is 12.4 Å². The molecular weight excluding hydrogens is 419 g/mol. The van der Waals surface area contributed by atoms with Crippen LogP contribution in [0.2, 0.25) is 0 Å². The largest absolute Gasteiger partial charge is 0.472 e. The summed E-state index contributed by atoms with van der Waals surface area (Å²) in [4.78, 5) is 11.1. The molecule has 1 fully saturated rings. The van der Waals surface area contributed by atoms with Crippen molar-refractivity contribution in [2.45, 2.75) is 26.0 Å². The van der Waals surface area contributed by atoms with E-state index in [9.17, 15) is 0 Å². The quantitative estimate of drug-likeness (QED) is 0.439. The molecule has 3 heterocycles. The van der Waals surface area contributed by atoms with E-state index in [2.05, 4.69) is 27.1 Å². The Morgan fingerprint density at radius 3 is 3.08 bits per heavy atom. The van der Waals surface area contributed by atoms with E-state index < -0.39 is 0 Å². The number of aromatic nitrogens is 1. The van der Waals surface area contributed by atoms with Gasteiger partial charge in [0.1, 0.15) is 6.10 Å². The summed E-state index contributed by atoms with van der Waals surface area (Å²) in [5, 5.41) is 3.35. The molecule has 130 valence electrons. The Morgan fingerprint density at radius 2 is 2.38 bits per heavy atom. The summed E-state index contributed by atoms with van der Waals surface area (Å²) in [6, 6.07) is 7.65. The number of likely N-dealkylation sites (tertiary alicyclic amines) is 1. The molecule has 0 aromatic carbocycles. The van der Waals surface area contributed by atoms with E-state index in [-0.39, 0.29) is 30.1 Å². The lowest BCUT2D eigenvalue weighted by Gasteiger charge is -2.21. The van der Waals surface area contributed by atoms with Crippen molar-refractivity contribution in [3.63, 3.8) is 0 Å². The van der Waals surface area contributed by atoms with Crippen LogP contribution in [0.1, 0.15) is 18.9 Å². The first kappa shape index (κ1) is 18.6. The second-order valence-electron chi connectivity index (χ2n) is 5.44. The van der Waals surface area contributed by atoms with Gasteiger partial charge in [0.15, 0.2) is 5.96 Å². The van der Waals surface area contributed by atoms with Crippen LogP contribution < -0.4 is 10.1 Å². The van der Waals surface area contributed by atoms with E-state index in [1.54, 1.807) is 18.7 Å². The highest BCUT2D eigenvalue weighted by molar-refractivity contribution is 14.0. The average molecular weight is 442 g/mol. The molecule has 1 aliphatic heterocycles. The number of guanidine groups is 1. The molecule has 1 saturated heterocycles. The van der Waals surface area contributed by atoms with E-state index in [4.69, 9.17) is 9.15 Å². The zero-order valence-corrected chi connectivity index (χ0v) is 16.1. The lowest BCUT2D eigenvalue weighted by Crippen LogP contribution is -2.40. The van der Waals surface area contributed by atoms with Crippen LogP contribution in [-0.2, 0) is 6.54 Å². The van der Waals surface area contributed by atoms with Crippen LogP contribution in [0.3, 0.4) is 0 Å². The third kappa shape index (κ3) is 5.12. The molecule has 0 aliphatic carbocycles. The minimum absolute atomic E-state index is 0. The number of hydrogen-bond acceptors (Lipinski definition) is 4. The smallest absolute Gasteiger partial charge is 0.213 e. The van der Waals surface area contributed by atoms with Crippen molar-refractivity contribution in [3.8, 4) is 5.88 Å². The lowest BCUT2D eigenvalue weighted by atomic mass is 10.3. The molecule has 1 atom stereocenters. The van der Waals surface area contributed by atoms with Crippen LogP contribution in [0, 0.1) is 0 Å². The van der Waals surface area contributed by atoms with Crippen LogP contribution in [-0.4, -0.2) is 41.6 Å². The van der Waals surface area contributed by atoms with Crippen molar-refractivity contribution in [2.75, 3.05) is 19.6 Å². The molecule has 1 unspecified atom stereocenters. The molecule has 2 aromatic rings. The predicted octanol–water partition coefficient (Wildman–Crippen LogP) is 2.91. The molecule has 6 nitrogen and oxygen atoms in total. The Bertz CT molecular complexity index is 619. The molecule has 7 heteroatoms. The zero-order chi connectivity index (χ0) is 15.9. The third-order valence-electron chi connectivity index (χ3n) is 3.70. The Labute approximate surface area is 159 Å². The fourth-order valence-electron chi connectivity index (χ4n) is 2.58. The van der Waals surface area contributed by atoms with E-state index in [0.717, 1.165) is 37.6 Å². The number of nitrogens with zero attached hydrogens (tertiary/aromatic N) is 3. The summed E-state index contributed by atoms with van der Waals surface area (Å²) in [7, 11) is 0. The molecule has 0 radical (unpaired) electrons. The van der Waals surface area contributed by atoms with Crippen molar-refractivity contribution < 1.29 is 9.15 Å². The van der Waals surface area contributed by atoms with Gasteiger partial charge in [-0.3, -0.25) is 0 Å². The first-order valence-electron chi connectivity index (χ1n) is 7.97. The number of furan rings is 1. The number of pyridine rings is 1. The highest BCUT2D eigenvalue weighted by Gasteiger charge is 2.26. The van der Waals surface area contributed by atoms with Gasteiger partial charge in [0.05, 0.1) is 25.6 Å². The molecule has 0 spiro atoms. The second-order valence-corrected chi connectivity index (χ2v) is 5.44. The summed E-state index contributed by atoms with van der Waals surface area (Å²) in [6.07, 6.45) is 6.25. The summed E-state index contributed by atoms with van der Waals surface area (Å²) in [6.45, 7) is 5.27.